The number of carboxylic acid groups (broad SMARTS) is 1. The number of nitrogens with one attached hydrogen (secondary N) is 1. The van der Waals surface area contributed by atoms with Gasteiger partial charge in [-0.3, -0.25) is 4.79 Å². The highest BCUT2D eigenvalue weighted by Crippen LogP contribution is 2.16. The Hall–Kier alpha value is -2.04. The molecule has 0 fully saturated rings. The number of rotatable bonds is 13. The number of benzene rings is 1. The zero-order chi connectivity index (χ0) is 18.3. The molecule has 2 N–H and O–H groups in total. The SMILES string of the molecule is CCCCCCCCCCCCOc1ccc(NC(=O)C(=O)O)cc1. The number of aliphatic carboxylic acids is 1. The van der Waals surface area contributed by atoms with Gasteiger partial charge in [0, 0.05) is 5.69 Å². The summed E-state index contributed by atoms with van der Waals surface area (Å²) in [5, 5.41) is 10.8. The molecule has 0 saturated heterocycles. The molecular formula is C20H31NO4. The minimum Gasteiger partial charge on any atom is -0.494 e. The number of ether oxygens (including phenoxy) is 1. The summed E-state index contributed by atoms with van der Waals surface area (Å²) >= 11 is 0. The van der Waals surface area contributed by atoms with Gasteiger partial charge in [0.1, 0.15) is 5.75 Å². The van der Waals surface area contributed by atoms with Crippen molar-refractivity contribution in [2.45, 2.75) is 71.1 Å². The van der Waals surface area contributed by atoms with Crippen LogP contribution in [-0.2, 0) is 9.59 Å². The van der Waals surface area contributed by atoms with Crippen LogP contribution >= 0.6 is 0 Å². The quantitative estimate of drug-likeness (QED) is 0.388. The number of carbonyl (C=O) groups excluding carboxylic acids is 1. The zero-order valence-corrected chi connectivity index (χ0v) is 15.3. The Morgan fingerprint density at radius 3 is 1.92 bits per heavy atom. The molecule has 1 aromatic carbocycles. The van der Waals surface area contributed by atoms with E-state index in [1.807, 2.05) is 0 Å². The van der Waals surface area contributed by atoms with Crippen molar-refractivity contribution in [1.82, 2.24) is 0 Å². The van der Waals surface area contributed by atoms with E-state index in [9.17, 15) is 9.59 Å². The highest BCUT2D eigenvalue weighted by atomic mass is 16.5. The maximum absolute atomic E-state index is 11.0. The van der Waals surface area contributed by atoms with Gasteiger partial charge in [0.05, 0.1) is 6.61 Å². The van der Waals surface area contributed by atoms with Gasteiger partial charge < -0.3 is 15.2 Å². The Morgan fingerprint density at radius 1 is 0.880 bits per heavy atom. The van der Waals surface area contributed by atoms with Gasteiger partial charge in [-0.05, 0) is 30.7 Å². The molecule has 0 spiro atoms. The lowest BCUT2D eigenvalue weighted by Gasteiger charge is -2.07. The zero-order valence-electron chi connectivity index (χ0n) is 15.3. The van der Waals surface area contributed by atoms with Crippen molar-refractivity contribution in [2.24, 2.45) is 0 Å². The van der Waals surface area contributed by atoms with Crippen LogP contribution in [0.2, 0.25) is 0 Å². The molecule has 1 aromatic rings. The molecular weight excluding hydrogens is 318 g/mol. The van der Waals surface area contributed by atoms with Gasteiger partial charge in [0.2, 0.25) is 0 Å². The second-order valence-corrected chi connectivity index (χ2v) is 6.31. The Bertz CT molecular complexity index is 499. The van der Waals surface area contributed by atoms with Crippen molar-refractivity contribution in [3.8, 4) is 5.75 Å². The Morgan fingerprint density at radius 2 is 1.40 bits per heavy atom. The highest BCUT2D eigenvalue weighted by molar-refractivity contribution is 6.36. The van der Waals surface area contributed by atoms with Gasteiger partial charge in [0.25, 0.3) is 0 Å². The van der Waals surface area contributed by atoms with Crippen LogP contribution in [0.25, 0.3) is 0 Å². The van der Waals surface area contributed by atoms with E-state index in [1.54, 1.807) is 24.3 Å². The van der Waals surface area contributed by atoms with Gasteiger partial charge in [-0.25, -0.2) is 4.79 Å². The van der Waals surface area contributed by atoms with Gasteiger partial charge in [-0.1, -0.05) is 64.7 Å². The number of hydrogen-bond donors (Lipinski definition) is 2. The molecule has 0 bridgehead atoms. The van der Waals surface area contributed by atoms with Gasteiger partial charge in [-0.15, -0.1) is 0 Å². The monoisotopic (exact) mass is 349 g/mol. The number of unbranched alkanes of at least 4 members (excludes halogenated alkanes) is 9. The van der Waals surface area contributed by atoms with Crippen LogP contribution in [0.4, 0.5) is 5.69 Å². The van der Waals surface area contributed by atoms with Crippen molar-refractivity contribution < 1.29 is 19.4 Å². The van der Waals surface area contributed by atoms with Crippen LogP contribution in [0.5, 0.6) is 5.75 Å². The van der Waals surface area contributed by atoms with Gasteiger partial charge in [-0.2, -0.15) is 0 Å². The van der Waals surface area contributed by atoms with E-state index in [-0.39, 0.29) is 0 Å². The molecule has 0 unspecified atom stereocenters. The third-order valence-corrected chi connectivity index (χ3v) is 4.07. The van der Waals surface area contributed by atoms with E-state index in [2.05, 4.69) is 12.2 Å². The molecule has 0 heterocycles. The molecule has 0 saturated carbocycles. The van der Waals surface area contributed by atoms with Crippen molar-refractivity contribution >= 4 is 17.6 Å². The summed E-state index contributed by atoms with van der Waals surface area (Å²) in [7, 11) is 0. The van der Waals surface area contributed by atoms with Crippen LogP contribution < -0.4 is 10.1 Å². The van der Waals surface area contributed by atoms with Crippen molar-refractivity contribution in [1.29, 1.82) is 0 Å². The predicted molar refractivity (Wildman–Crippen MR) is 100 cm³/mol. The smallest absolute Gasteiger partial charge is 0.394 e. The van der Waals surface area contributed by atoms with Crippen LogP contribution in [0.1, 0.15) is 71.1 Å². The summed E-state index contributed by atoms with van der Waals surface area (Å²) in [5.74, 6) is -1.82. The Balaban J connectivity index is 2.03. The predicted octanol–water partition coefficient (Wildman–Crippen LogP) is 5.01. The fourth-order valence-corrected chi connectivity index (χ4v) is 2.60. The van der Waals surface area contributed by atoms with E-state index in [0.29, 0.717) is 12.3 Å². The lowest BCUT2D eigenvalue weighted by molar-refractivity contribution is -0.147. The molecule has 140 valence electrons. The maximum atomic E-state index is 11.0. The summed E-state index contributed by atoms with van der Waals surface area (Å²) in [6, 6.07) is 6.73. The molecule has 5 heteroatoms. The normalized spacial score (nSPS) is 10.4. The highest BCUT2D eigenvalue weighted by Gasteiger charge is 2.10. The van der Waals surface area contributed by atoms with Crippen molar-refractivity contribution in [3.05, 3.63) is 24.3 Å². The first-order chi connectivity index (χ1) is 12.1. The molecule has 0 radical (unpaired) electrons. The topological polar surface area (TPSA) is 75.6 Å². The van der Waals surface area contributed by atoms with E-state index in [0.717, 1.165) is 12.2 Å². The first kappa shape index (κ1) is 21.0. The minimum absolute atomic E-state index is 0.443. The minimum atomic E-state index is -1.50. The first-order valence-corrected chi connectivity index (χ1v) is 9.40. The third-order valence-electron chi connectivity index (χ3n) is 4.07. The molecule has 25 heavy (non-hydrogen) atoms. The summed E-state index contributed by atoms with van der Waals surface area (Å²) < 4.78 is 5.66. The second kappa shape index (κ2) is 13.3. The van der Waals surface area contributed by atoms with E-state index in [4.69, 9.17) is 9.84 Å². The van der Waals surface area contributed by atoms with Crippen LogP contribution in [-0.4, -0.2) is 23.6 Å². The molecule has 0 aliphatic heterocycles. The average Bonchev–Trinajstić information content (AvgIpc) is 2.61. The van der Waals surface area contributed by atoms with Crippen molar-refractivity contribution in [2.75, 3.05) is 11.9 Å². The lowest BCUT2D eigenvalue weighted by Crippen LogP contribution is -2.21. The van der Waals surface area contributed by atoms with E-state index in [1.165, 1.54) is 57.8 Å². The summed E-state index contributed by atoms with van der Waals surface area (Å²) in [5.41, 5.74) is 0.443. The summed E-state index contributed by atoms with van der Waals surface area (Å²) in [6.45, 7) is 2.92. The fraction of sp³-hybridized carbons (Fsp3) is 0.600. The molecule has 0 aliphatic carbocycles. The largest absolute Gasteiger partial charge is 0.494 e. The van der Waals surface area contributed by atoms with E-state index >= 15 is 0 Å². The van der Waals surface area contributed by atoms with Gasteiger partial charge >= 0.3 is 11.9 Å². The number of carboxylic acids is 1. The lowest BCUT2D eigenvalue weighted by atomic mass is 10.1. The molecule has 0 aromatic heterocycles. The molecule has 5 nitrogen and oxygen atoms in total. The van der Waals surface area contributed by atoms with E-state index < -0.39 is 11.9 Å². The Kier molecular flexibility index (Phi) is 11.2. The number of carbonyl (C=O) groups is 2. The van der Waals surface area contributed by atoms with Crippen LogP contribution in [0.3, 0.4) is 0 Å². The molecule has 0 aliphatic rings. The number of amides is 1. The molecule has 1 rings (SSSR count). The van der Waals surface area contributed by atoms with Gasteiger partial charge in [0.15, 0.2) is 0 Å². The van der Waals surface area contributed by atoms with Crippen molar-refractivity contribution in [3.63, 3.8) is 0 Å². The average molecular weight is 349 g/mol. The van der Waals surface area contributed by atoms with Crippen LogP contribution in [0.15, 0.2) is 24.3 Å². The molecule has 1 amide bonds. The standard InChI is InChI=1S/C20H31NO4/c1-2-3-4-5-6-7-8-9-10-11-16-25-18-14-12-17(13-15-18)21-19(22)20(23)24/h12-15H,2-11,16H2,1H3,(H,21,22)(H,23,24). The summed E-state index contributed by atoms with van der Waals surface area (Å²) in [4.78, 5) is 21.5. The summed E-state index contributed by atoms with van der Waals surface area (Å²) in [6.07, 6.45) is 12.9. The second-order valence-electron chi connectivity index (χ2n) is 6.31. The first-order valence-electron chi connectivity index (χ1n) is 9.40. The Labute approximate surface area is 150 Å². The van der Waals surface area contributed by atoms with Crippen LogP contribution in [0, 0.1) is 0 Å². The number of hydrogen-bond acceptors (Lipinski definition) is 3. The number of anilines is 1. The molecule has 0 atom stereocenters. The maximum Gasteiger partial charge on any atom is 0.394 e. The third kappa shape index (κ3) is 10.4. The fourth-order valence-electron chi connectivity index (χ4n) is 2.60.